The highest BCUT2D eigenvalue weighted by atomic mass is 19.3. The van der Waals surface area contributed by atoms with Crippen LogP contribution in [0.5, 0.6) is 11.5 Å². The maximum Gasteiger partial charge on any atom is 0.387 e. The van der Waals surface area contributed by atoms with Crippen molar-refractivity contribution >= 4 is 0 Å². The molecule has 0 heterocycles. The number of methoxy groups -OCH3 is 1. The Hall–Kier alpha value is -1.36. The molecule has 0 saturated carbocycles. The molecule has 1 N–H and O–H groups in total. The minimum atomic E-state index is -2.85. The van der Waals surface area contributed by atoms with Crippen LogP contribution in [-0.4, -0.2) is 26.3 Å². The third kappa shape index (κ3) is 5.03. The molecular weight excluding hydrogens is 252 g/mol. The van der Waals surface area contributed by atoms with Gasteiger partial charge in [-0.25, -0.2) is 0 Å². The number of benzene rings is 1. The maximum atomic E-state index is 12.4. The van der Waals surface area contributed by atoms with Crippen molar-refractivity contribution in [3.8, 4) is 11.5 Å². The second-order valence-corrected chi connectivity index (χ2v) is 4.32. The molecule has 5 heteroatoms. The van der Waals surface area contributed by atoms with Crippen molar-refractivity contribution in [1.82, 2.24) is 5.32 Å². The number of aryl methyl sites for hydroxylation is 1. The first-order chi connectivity index (χ1) is 9.08. The van der Waals surface area contributed by atoms with Crippen LogP contribution in [-0.2, 0) is 6.42 Å². The summed E-state index contributed by atoms with van der Waals surface area (Å²) >= 11 is 0. The third-order valence-electron chi connectivity index (χ3n) is 2.89. The molecule has 0 saturated heterocycles. The van der Waals surface area contributed by atoms with Gasteiger partial charge in [-0.05, 0) is 37.9 Å². The molecule has 19 heavy (non-hydrogen) atoms. The first kappa shape index (κ1) is 15.7. The molecule has 0 spiro atoms. The Balaban J connectivity index is 2.80. The number of para-hydroxylation sites is 1. The summed E-state index contributed by atoms with van der Waals surface area (Å²) < 4.78 is 34.5. The molecule has 1 aromatic rings. The lowest BCUT2D eigenvalue weighted by molar-refractivity contribution is -0.0518. The summed E-state index contributed by atoms with van der Waals surface area (Å²) in [6.45, 7) is 2.14. The highest BCUT2D eigenvalue weighted by molar-refractivity contribution is 5.46. The van der Waals surface area contributed by atoms with Crippen molar-refractivity contribution in [2.45, 2.75) is 39.3 Å². The molecular formula is C14H21F2NO2. The predicted octanol–water partition coefficient (Wildman–Crippen LogP) is 3.23. The van der Waals surface area contributed by atoms with Gasteiger partial charge in [-0.2, -0.15) is 8.78 Å². The molecule has 0 fully saturated rings. The second-order valence-electron chi connectivity index (χ2n) is 4.32. The Morgan fingerprint density at radius 3 is 2.63 bits per heavy atom. The highest BCUT2D eigenvalue weighted by Gasteiger charge is 2.15. The number of rotatable bonds is 8. The van der Waals surface area contributed by atoms with E-state index in [-0.39, 0.29) is 5.75 Å². The van der Waals surface area contributed by atoms with E-state index in [1.165, 1.54) is 7.11 Å². The molecule has 0 aliphatic rings. The fraction of sp³-hybridized carbons (Fsp3) is 0.571. The Labute approximate surface area is 112 Å². The first-order valence-corrected chi connectivity index (χ1v) is 6.42. The van der Waals surface area contributed by atoms with E-state index in [0.717, 1.165) is 18.5 Å². The van der Waals surface area contributed by atoms with Crippen molar-refractivity contribution in [2.75, 3.05) is 13.7 Å². The lowest BCUT2D eigenvalue weighted by Crippen LogP contribution is -2.26. The van der Waals surface area contributed by atoms with Gasteiger partial charge in [-0.15, -0.1) is 0 Å². The largest absolute Gasteiger partial charge is 0.493 e. The van der Waals surface area contributed by atoms with Crippen LogP contribution in [0.1, 0.15) is 25.8 Å². The van der Waals surface area contributed by atoms with E-state index in [9.17, 15) is 8.78 Å². The molecule has 1 unspecified atom stereocenters. The lowest BCUT2D eigenvalue weighted by Gasteiger charge is -2.16. The van der Waals surface area contributed by atoms with E-state index in [1.54, 1.807) is 18.2 Å². The summed E-state index contributed by atoms with van der Waals surface area (Å²) in [4.78, 5) is 0. The Morgan fingerprint density at radius 2 is 2.05 bits per heavy atom. The summed E-state index contributed by atoms with van der Waals surface area (Å²) in [5.74, 6) is 0.484. The first-order valence-electron chi connectivity index (χ1n) is 6.42. The average molecular weight is 273 g/mol. The van der Waals surface area contributed by atoms with Crippen LogP contribution in [0.2, 0.25) is 0 Å². The number of halogens is 2. The molecule has 0 aliphatic heterocycles. The molecule has 0 aliphatic carbocycles. The summed E-state index contributed by atoms with van der Waals surface area (Å²) in [5.41, 5.74) is 0.740. The van der Waals surface area contributed by atoms with Gasteiger partial charge in [0.05, 0.1) is 7.11 Å². The second kappa shape index (κ2) is 7.94. The highest BCUT2D eigenvalue weighted by Crippen LogP contribution is 2.33. The number of hydrogen-bond donors (Lipinski definition) is 1. The van der Waals surface area contributed by atoms with Gasteiger partial charge in [0, 0.05) is 6.04 Å². The normalized spacial score (nSPS) is 12.5. The smallest absolute Gasteiger partial charge is 0.387 e. The van der Waals surface area contributed by atoms with E-state index < -0.39 is 6.61 Å². The van der Waals surface area contributed by atoms with Gasteiger partial charge in [0.15, 0.2) is 11.5 Å². The number of nitrogens with one attached hydrogen (secondary N) is 1. The molecule has 3 nitrogen and oxygen atoms in total. The standard InChI is InChI=1S/C14H21F2NO2/c1-4-17-10(2)8-9-11-6-5-7-12(18-3)13(11)19-14(15)16/h5-7,10,14,17H,4,8-9H2,1-3H3. The van der Waals surface area contributed by atoms with Gasteiger partial charge in [-0.1, -0.05) is 19.1 Å². The van der Waals surface area contributed by atoms with Gasteiger partial charge in [-0.3, -0.25) is 0 Å². The zero-order valence-electron chi connectivity index (χ0n) is 11.6. The fourth-order valence-corrected chi connectivity index (χ4v) is 1.96. The summed E-state index contributed by atoms with van der Waals surface area (Å²) in [6.07, 6.45) is 1.51. The van der Waals surface area contributed by atoms with E-state index in [1.807, 2.05) is 6.92 Å². The van der Waals surface area contributed by atoms with Crippen molar-refractivity contribution in [2.24, 2.45) is 0 Å². The minimum absolute atomic E-state index is 0.142. The maximum absolute atomic E-state index is 12.4. The topological polar surface area (TPSA) is 30.5 Å². The van der Waals surface area contributed by atoms with E-state index >= 15 is 0 Å². The number of ether oxygens (including phenoxy) is 2. The van der Waals surface area contributed by atoms with Gasteiger partial charge < -0.3 is 14.8 Å². The van der Waals surface area contributed by atoms with E-state index in [4.69, 9.17) is 4.74 Å². The molecule has 0 aromatic heterocycles. The van der Waals surface area contributed by atoms with Gasteiger partial charge in [0.2, 0.25) is 0 Å². The van der Waals surface area contributed by atoms with Crippen LogP contribution in [0.4, 0.5) is 8.78 Å². The minimum Gasteiger partial charge on any atom is -0.493 e. The molecule has 1 aromatic carbocycles. The third-order valence-corrected chi connectivity index (χ3v) is 2.89. The van der Waals surface area contributed by atoms with Crippen molar-refractivity contribution in [1.29, 1.82) is 0 Å². The summed E-state index contributed by atoms with van der Waals surface area (Å²) in [7, 11) is 1.44. The Kier molecular flexibility index (Phi) is 6.56. The molecule has 0 radical (unpaired) electrons. The SMILES string of the molecule is CCNC(C)CCc1cccc(OC)c1OC(F)F. The molecule has 0 amide bonds. The average Bonchev–Trinajstić information content (AvgIpc) is 2.37. The number of alkyl halides is 2. The van der Waals surface area contributed by atoms with Crippen LogP contribution >= 0.6 is 0 Å². The lowest BCUT2D eigenvalue weighted by atomic mass is 10.0. The van der Waals surface area contributed by atoms with Crippen LogP contribution in [0.25, 0.3) is 0 Å². The van der Waals surface area contributed by atoms with Gasteiger partial charge in [0.25, 0.3) is 0 Å². The summed E-state index contributed by atoms with van der Waals surface area (Å²) in [6, 6.07) is 5.52. The summed E-state index contributed by atoms with van der Waals surface area (Å²) in [5, 5.41) is 3.28. The number of hydrogen-bond acceptors (Lipinski definition) is 3. The molecule has 1 atom stereocenters. The molecule has 108 valence electrons. The van der Waals surface area contributed by atoms with Crippen LogP contribution in [0.15, 0.2) is 18.2 Å². The van der Waals surface area contributed by atoms with Crippen molar-refractivity contribution in [3.05, 3.63) is 23.8 Å². The Bertz CT molecular complexity index is 386. The monoisotopic (exact) mass is 273 g/mol. The van der Waals surface area contributed by atoms with Crippen molar-refractivity contribution in [3.63, 3.8) is 0 Å². The predicted molar refractivity (Wildman–Crippen MR) is 71.1 cm³/mol. The quantitative estimate of drug-likeness (QED) is 0.789. The fourth-order valence-electron chi connectivity index (χ4n) is 1.96. The van der Waals surface area contributed by atoms with Crippen molar-refractivity contribution < 1.29 is 18.3 Å². The van der Waals surface area contributed by atoms with Gasteiger partial charge >= 0.3 is 6.61 Å². The van der Waals surface area contributed by atoms with Crippen LogP contribution in [0.3, 0.4) is 0 Å². The van der Waals surface area contributed by atoms with Crippen LogP contribution in [0, 0.1) is 0 Å². The molecule has 0 bridgehead atoms. The van der Waals surface area contributed by atoms with Gasteiger partial charge in [0.1, 0.15) is 0 Å². The zero-order chi connectivity index (χ0) is 14.3. The Morgan fingerprint density at radius 1 is 1.32 bits per heavy atom. The molecule has 1 rings (SSSR count). The van der Waals surface area contributed by atoms with E-state index in [2.05, 4.69) is 17.0 Å². The van der Waals surface area contributed by atoms with Crippen LogP contribution < -0.4 is 14.8 Å². The zero-order valence-corrected chi connectivity index (χ0v) is 11.6. The van der Waals surface area contributed by atoms with E-state index in [0.29, 0.717) is 18.2 Å².